The molecule has 1 aliphatic heterocycles. The zero-order valence-corrected chi connectivity index (χ0v) is 29.2. The van der Waals surface area contributed by atoms with Crippen LogP contribution in [0.1, 0.15) is 140 Å². The van der Waals surface area contributed by atoms with Crippen molar-refractivity contribution in [3.05, 3.63) is 93.0 Å². The number of rotatable bonds is 5. The Morgan fingerprint density at radius 1 is 0.705 bits per heavy atom. The molecule has 4 heteroatoms. The second-order valence-corrected chi connectivity index (χ2v) is 16.6. The lowest BCUT2D eigenvalue weighted by molar-refractivity contribution is -0.135. The SMILES string of the molecule is Cc1c(C(C)(C)C)cc(CCC(=O)Oc2ccc(C(C)(C)C)cc2C2C(=O)Oc3ccc(C(C)(C)C)cc32)cc1C(C)(C)C. The summed E-state index contributed by atoms with van der Waals surface area (Å²) in [6.45, 7) is 28.5. The predicted molar refractivity (Wildman–Crippen MR) is 180 cm³/mol. The first-order valence-electron chi connectivity index (χ1n) is 15.9. The predicted octanol–water partition coefficient (Wildman–Crippen LogP) is 9.77. The number of hydrogen-bond donors (Lipinski definition) is 0. The third kappa shape index (κ3) is 7.11. The van der Waals surface area contributed by atoms with Crippen LogP contribution in [0, 0.1) is 6.92 Å². The summed E-state index contributed by atoms with van der Waals surface area (Å²) in [5.41, 5.74) is 8.45. The minimum Gasteiger partial charge on any atom is -0.426 e. The van der Waals surface area contributed by atoms with Gasteiger partial charge in [-0.05, 0) is 80.5 Å². The average Bonchev–Trinajstić information content (AvgIpc) is 3.20. The van der Waals surface area contributed by atoms with Gasteiger partial charge in [-0.3, -0.25) is 9.59 Å². The van der Waals surface area contributed by atoms with Crippen LogP contribution in [0.2, 0.25) is 0 Å². The van der Waals surface area contributed by atoms with E-state index in [-0.39, 0.29) is 40.0 Å². The normalized spacial score (nSPS) is 15.7. The molecule has 1 unspecified atom stereocenters. The summed E-state index contributed by atoms with van der Waals surface area (Å²) in [7, 11) is 0. The molecule has 0 amide bonds. The lowest BCUT2D eigenvalue weighted by Gasteiger charge is -2.30. The van der Waals surface area contributed by atoms with E-state index in [1.807, 2.05) is 30.3 Å². The van der Waals surface area contributed by atoms with Gasteiger partial charge in [-0.2, -0.15) is 0 Å². The molecular weight excluding hydrogens is 544 g/mol. The van der Waals surface area contributed by atoms with Gasteiger partial charge in [-0.25, -0.2) is 0 Å². The first kappa shape index (κ1) is 33.5. The summed E-state index contributed by atoms with van der Waals surface area (Å²) >= 11 is 0. The van der Waals surface area contributed by atoms with E-state index in [9.17, 15) is 9.59 Å². The Bertz CT molecular complexity index is 1540. The maximum absolute atomic E-state index is 13.4. The minimum atomic E-state index is -0.668. The van der Waals surface area contributed by atoms with E-state index in [0.717, 1.165) is 22.3 Å². The molecule has 44 heavy (non-hydrogen) atoms. The Morgan fingerprint density at radius 3 is 1.70 bits per heavy atom. The Labute approximate surface area is 265 Å². The molecule has 0 aliphatic carbocycles. The molecule has 4 nitrogen and oxygen atoms in total. The average molecular weight is 597 g/mol. The molecule has 1 aliphatic rings. The largest absolute Gasteiger partial charge is 0.426 e. The molecule has 0 bridgehead atoms. The molecule has 0 saturated carbocycles. The summed E-state index contributed by atoms with van der Waals surface area (Å²) < 4.78 is 11.8. The van der Waals surface area contributed by atoms with E-state index in [4.69, 9.17) is 9.47 Å². The van der Waals surface area contributed by atoms with Gasteiger partial charge < -0.3 is 9.47 Å². The van der Waals surface area contributed by atoms with Crippen molar-refractivity contribution >= 4 is 11.9 Å². The van der Waals surface area contributed by atoms with Crippen molar-refractivity contribution in [3.63, 3.8) is 0 Å². The molecule has 0 radical (unpaired) electrons. The second-order valence-electron chi connectivity index (χ2n) is 16.6. The fourth-order valence-electron chi connectivity index (χ4n) is 6.15. The molecule has 0 spiro atoms. The Balaban J connectivity index is 1.68. The Hall–Kier alpha value is -3.40. The monoisotopic (exact) mass is 596 g/mol. The van der Waals surface area contributed by atoms with Gasteiger partial charge in [0.1, 0.15) is 17.4 Å². The van der Waals surface area contributed by atoms with Gasteiger partial charge in [0.15, 0.2) is 0 Å². The molecule has 0 fully saturated rings. The van der Waals surface area contributed by atoms with E-state index in [1.165, 1.54) is 16.7 Å². The van der Waals surface area contributed by atoms with Crippen LogP contribution in [0.5, 0.6) is 11.5 Å². The van der Waals surface area contributed by atoms with Crippen molar-refractivity contribution in [1.82, 2.24) is 0 Å². The van der Waals surface area contributed by atoms with Crippen LogP contribution in [0.4, 0.5) is 0 Å². The van der Waals surface area contributed by atoms with Gasteiger partial charge in [0.25, 0.3) is 0 Å². The topological polar surface area (TPSA) is 52.6 Å². The highest BCUT2D eigenvalue weighted by atomic mass is 16.5. The van der Waals surface area contributed by atoms with Crippen LogP contribution in [-0.4, -0.2) is 11.9 Å². The zero-order chi connectivity index (χ0) is 33.0. The maximum atomic E-state index is 13.4. The van der Waals surface area contributed by atoms with E-state index in [0.29, 0.717) is 23.5 Å². The Kier molecular flexibility index (Phi) is 8.76. The van der Waals surface area contributed by atoms with Gasteiger partial charge in [0.2, 0.25) is 0 Å². The minimum absolute atomic E-state index is 0.0106. The van der Waals surface area contributed by atoms with Gasteiger partial charge in [0, 0.05) is 17.5 Å². The zero-order valence-electron chi connectivity index (χ0n) is 29.2. The quantitative estimate of drug-likeness (QED) is 0.217. The number of aryl methyl sites for hydroxylation is 1. The fraction of sp³-hybridized carbons (Fsp3) is 0.500. The summed E-state index contributed by atoms with van der Waals surface area (Å²) in [6.07, 6.45) is 0.806. The number of fused-ring (bicyclic) bond motifs is 1. The summed E-state index contributed by atoms with van der Waals surface area (Å²) in [5.74, 6) is -0.361. The number of carbonyl (C=O) groups excluding carboxylic acids is 2. The lowest BCUT2D eigenvalue weighted by Crippen LogP contribution is -2.21. The van der Waals surface area contributed by atoms with Crippen molar-refractivity contribution < 1.29 is 19.1 Å². The number of carbonyl (C=O) groups is 2. The van der Waals surface area contributed by atoms with Crippen LogP contribution in [0.25, 0.3) is 0 Å². The molecule has 0 saturated heterocycles. The fourth-order valence-corrected chi connectivity index (χ4v) is 6.15. The van der Waals surface area contributed by atoms with Crippen molar-refractivity contribution in [2.45, 2.75) is 130 Å². The number of hydrogen-bond acceptors (Lipinski definition) is 4. The van der Waals surface area contributed by atoms with Crippen LogP contribution in [0.3, 0.4) is 0 Å². The van der Waals surface area contributed by atoms with E-state index >= 15 is 0 Å². The van der Waals surface area contributed by atoms with E-state index in [1.54, 1.807) is 0 Å². The summed E-state index contributed by atoms with van der Waals surface area (Å²) in [4.78, 5) is 26.8. The standard InChI is InChI=1S/C40H52O4/c1-24-30(39(8,9)10)20-25(21-31(24)40(11,12)13)14-19-34(41)43-32-17-15-26(37(2,3)4)22-28(32)35-29-23-27(38(5,6)7)16-18-33(29)44-36(35)42/h15-18,20-23,35H,14,19H2,1-13H3. The molecule has 3 aromatic rings. The first-order chi connectivity index (χ1) is 20.1. The molecule has 0 aromatic heterocycles. The molecular formula is C40H52O4. The highest BCUT2D eigenvalue weighted by Crippen LogP contribution is 2.45. The van der Waals surface area contributed by atoms with Crippen molar-refractivity contribution in [3.8, 4) is 11.5 Å². The first-order valence-corrected chi connectivity index (χ1v) is 15.9. The Morgan fingerprint density at radius 2 is 1.20 bits per heavy atom. The highest BCUT2D eigenvalue weighted by molar-refractivity contribution is 5.91. The number of esters is 2. The highest BCUT2D eigenvalue weighted by Gasteiger charge is 2.38. The maximum Gasteiger partial charge on any atom is 0.323 e. The van der Waals surface area contributed by atoms with E-state index < -0.39 is 5.92 Å². The van der Waals surface area contributed by atoms with Crippen LogP contribution in [-0.2, 0) is 37.7 Å². The van der Waals surface area contributed by atoms with Crippen molar-refractivity contribution in [2.24, 2.45) is 0 Å². The van der Waals surface area contributed by atoms with Gasteiger partial charge in [-0.1, -0.05) is 119 Å². The van der Waals surface area contributed by atoms with Crippen molar-refractivity contribution in [1.29, 1.82) is 0 Å². The van der Waals surface area contributed by atoms with E-state index in [2.05, 4.69) is 108 Å². The van der Waals surface area contributed by atoms with Crippen LogP contribution >= 0.6 is 0 Å². The smallest absolute Gasteiger partial charge is 0.323 e. The molecule has 236 valence electrons. The summed E-state index contributed by atoms with van der Waals surface area (Å²) in [6, 6.07) is 16.3. The molecule has 3 aromatic carbocycles. The number of benzene rings is 3. The van der Waals surface area contributed by atoms with Gasteiger partial charge in [0.05, 0.1) is 0 Å². The van der Waals surface area contributed by atoms with Crippen molar-refractivity contribution in [2.75, 3.05) is 0 Å². The molecule has 1 atom stereocenters. The van der Waals surface area contributed by atoms with Crippen LogP contribution in [0.15, 0.2) is 48.5 Å². The van der Waals surface area contributed by atoms with Gasteiger partial charge >= 0.3 is 11.9 Å². The molecule has 1 heterocycles. The molecule has 4 rings (SSSR count). The summed E-state index contributed by atoms with van der Waals surface area (Å²) in [5, 5.41) is 0. The molecule has 0 N–H and O–H groups in total. The third-order valence-corrected chi connectivity index (χ3v) is 8.74. The van der Waals surface area contributed by atoms with Crippen LogP contribution < -0.4 is 9.47 Å². The second kappa shape index (κ2) is 11.5. The third-order valence-electron chi connectivity index (χ3n) is 8.74. The lowest BCUT2D eigenvalue weighted by atomic mass is 9.75. The number of ether oxygens (including phenoxy) is 2. The van der Waals surface area contributed by atoms with Gasteiger partial charge in [-0.15, -0.1) is 0 Å².